The number of ether oxygens (including phenoxy) is 1. The Morgan fingerprint density at radius 3 is 2.62 bits per heavy atom. The maximum atomic E-state index is 12.8. The number of nitro groups is 1. The molecule has 0 bridgehead atoms. The number of carbonyl (C=O) groups is 1. The Morgan fingerprint density at radius 1 is 1.29 bits per heavy atom. The van der Waals surface area contributed by atoms with E-state index in [1.807, 2.05) is 0 Å². The highest BCUT2D eigenvalue weighted by Gasteiger charge is 2.13. The fourth-order valence-electron chi connectivity index (χ4n) is 1.90. The van der Waals surface area contributed by atoms with Gasteiger partial charge in [0.2, 0.25) is 5.91 Å². The van der Waals surface area contributed by atoms with Crippen molar-refractivity contribution in [3.63, 3.8) is 0 Å². The molecule has 0 spiro atoms. The monoisotopic (exact) mass is 350 g/mol. The third-order valence-electron chi connectivity index (χ3n) is 3.08. The first-order valence-electron chi connectivity index (χ1n) is 7.00. The summed E-state index contributed by atoms with van der Waals surface area (Å²) in [4.78, 5) is 23.0. The molecule has 0 aliphatic heterocycles. The molecule has 0 fully saturated rings. The number of non-ortho nitro benzene ring substituents is 1. The van der Waals surface area contributed by atoms with Crippen LogP contribution in [0.2, 0.25) is 0 Å². The molecule has 0 heterocycles. The molecule has 24 heavy (non-hydrogen) atoms. The van der Waals surface area contributed by atoms with Crippen LogP contribution in [0.4, 0.5) is 15.8 Å². The molecule has 0 saturated heterocycles. The van der Waals surface area contributed by atoms with Gasteiger partial charge < -0.3 is 10.1 Å². The first-order chi connectivity index (χ1) is 11.5. The molecule has 2 aromatic rings. The number of anilines is 1. The van der Waals surface area contributed by atoms with Gasteiger partial charge in [-0.3, -0.25) is 14.9 Å². The van der Waals surface area contributed by atoms with Crippen molar-refractivity contribution in [1.82, 2.24) is 0 Å². The Balaban J connectivity index is 1.90. The van der Waals surface area contributed by atoms with Crippen LogP contribution in [-0.4, -0.2) is 23.7 Å². The number of rotatable bonds is 7. The zero-order chi connectivity index (χ0) is 17.5. The average Bonchev–Trinajstić information content (AvgIpc) is 2.56. The lowest BCUT2D eigenvalue weighted by Gasteiger charge is -2.10. The summed E-state index contributed by atoms with van der Waals surface area (Å²) in [7, 11) is 1.37. The summed E-state index contributed by atoms with van der Waals surface area (Å²) in [6, 6.07) is 10.0. The fraction of sp³-hybridized carbons (Fsp3) is 0.188. The number of hydrogen-bond acceptors (Lipinski definition) is 5. The van der Waals surface area contributed by atoms with E-state index in [1.165, 1.54) is 49.2 Å². The van der Waals surface area contributed by atoms with Crippen LogP contribution in [0.5, 0.6) is 5.75 Å². The Kier molecular flexibility index (Phi) is 6.14. The molecule has 1 N–H and O–H groups in total. The van der Waals surface area contributed by atoms with E-state index in [0.717, 1.165) is 4.90 Å². The van der Waals surface area contributed by atoms with Crippen LogP contribution >= 0.6 is 11.8 Å². The smallest absolute Gasteiger partial charge is 0.273 e. The zero-order valence-electron chi connectivity index (χ0n) is 12.8. The molecule has 0 radical (unpaired) electrons. The van der Waals surface area contributed by atoms with E-state index in [2.05, 4.69) is 5.32 Å². The molecule has 2 aromatic carbocycles. The SMILES string of the molecule is COc1cc([N+](=O)[O-])ccc1NC(=O)CCSc1ccc(F)cc1. The number of benzene rings is 2. The second kappa shape index (κ2) is 8.30. The summed E-state index contributed by atoms with van der Waals surface area (Å²) in [5, 5.41) is 13.4. The van der Waals surface area contributed by atoms with Crippen LogP contribution in [-0.2, 0) is 4.79 Å². The van der Waals surface area contributed by atoms with Gasteiger partial charge in [0.05, 0.1) is 23.8 Å². The van der Waals surface area contributed by atoms with Crippen molar-refractivity contribution in [3.05, 3.63) is 58.4 Å². The van der Waals surface area contributed by atoms with Gasteiger partial charge in [0, 0.05) is 23.1 Å². The number of hydrogen-bond donors (Lipinski definition) is 1. The van der Waals surface area contributed by atoms with Gasteiger partial charge in [-0.2, -0.15) is 0 Å². The molecule has 0 aromatic heterocycles. The molecule has 1 amide bonds. The molecule has 6 nitrogen and oxygen atoms in total. The summed E-state index contributed by atoms with van der Waals surface area (Å²) >= 11 is 1.44. The molecular formula is C16H15FN2O4S. The van der Waals surface area contributed by atoms with E-state index in [1.54, 1.807) is 12.1 Å². The molecule has 2 rings (SSSR count). The van der Waals surface area contributed by atoms with E-state index >= 15 is 0 Å². The molecule has 0 aliphatic rings. The molecule has 126 valence electrons. The Morgan fingerprint density at radius 2 is 2.00 bits per heavy atom. The van der Waals surface area contributed by atoms with E-state index in [4.69, 9.17) is 4.74 Å². The second-order valence-corrected chi connectivity index (χ2v) is 5.91. The number of nitrogens with zero attached hydrogens (tertiary/aromatic N) is 1. The Bertz CT molecular complexity index is 737. The van der Waals surface area contributed by atoms with E-state index in [9.17, 15) is 19.3 Å². The number of halogens is 1. The largest absolute Gasteiger partial charge is 0.494 e. The lowest BCUT2D eigenvalue weighted by Crippen LogP contribution is -2.13. The highest BCUT2D eigenvalue weighted by atomic mass is 32.2. The van der Waals surface area contributed by atoms with Crippen LogP contribution in [0, 0.1) is 15.9 Å². The normalized spacial score (nSPS) is 10.2. The predicted molar refractivity (Wildman–Crippen MR) is 90.0 cm³/mol. The molecule has 0 saturated carbocycles. The van der Waals surface area contributed by atoms with Crippen molar-refractivity contribution >= 4 is 29.0 Å². The molecule has 0 aliphatic carbocycles. The minimum absolute atomic E-state index is 0.114. The number of carbonyl (C=O) groups excluding carboxylic acids is 1. The van der Waals surface area contributed by atoms with Crippen molar-refractivity contribution < 1.29 is 18.8 Å². The molecular weight excluding hydrogens is 335 g/mol. The van der Waals surface area contributed by atoms with Gasteiger partial charge in [-0.15, -0.1) is 11.8 Å². The Labute approximate surface area is 142 Å². The van der Waals surface area contributed by atoms with E-state index in [0.29, 0.717) is 11.4 Å². The van der Waals surface area contributed by atoms with Gasteiger partial charge >= 0.3 is 0 Å². The number of amides is 1. The fourth-order valence-corrected chi connectivity index (χ4v) is 2.75. The van der Waals surface area contributed by atoms with Gasteiger partial charge in [0.1, 0.15) is 11.6 Å². The van der Waals surface area contributed by atoms with Crippen molar-refractivity contribution in [2.45, 2.75) is 11.3 Å². The van der Waals surface area contributed by atoms with Gasteiger partial charge in [-0.05, 0) is 30.3 Å². The van der Waals surface area contributed by atoms with Crippen LogP contribution in [0.25, 0.3) is 0 Å². The maximum absolute atomic E-state index is 12.8. The van der Waals surface area contributed by atoms with Crippen LogP contribution in [0.15, 0.2) is 47.4 Å². The summed E-state index contributed by atoms with van der Waals surface area (Å²) in [6.07, 6.45) is 0.238. The predicted octanol–water partition coefficient (Wildman–Crippen LogP) is 3.86. The summed E-state index contributed by atoms with van der Waals surface area (Å²) < 4.78 is 17.9. The van der Waals surface area contributed by atoms with Crippen LogP contribution in [0.1, 0.15) is 6.42 Å². The first-order valence-corrected chi connectivity index (χ1v) is 7.99. The number of thioether (sulfide) groups is 1. The van der Waals surface area contributed by atoms with Crippen molar-refractivity contribution in [2.24, 2.45) is 0 Å². The van der Waals surface area contributed by atoms with Gasteiger partial charge in [-0.1, -0.05) is 0 Å². The van der Waals surface area contributed by atoms with Gasteiger partial charge in [0.25, 0.3) is 5.69 Å². The lowest BCUT2D eigenvalue weighted by atomic mass is 10.2. The summed E-state index contributed by atoms with van der Waals surface area (Å²) in [5.74, 6) is 0.204. The highest BCUT2D eigenvalue weighted by molar-refractivity contribution is 7.99. The average molecular weight is 350 g/mol. The van der Waals surface area contributed by atoms with Gasteiger partial charge in [-0.25, -0.2) is 4.39 Å². The van der Waals surface area contributed by atoms with Gasteiger partial charge in [0.15, 0.2) is 0 Å². The molecule has 0 unspecified atom stereocenters. The van der Waals surface area contributed by atoms with Crippen molar-refractivity contribution in [1.29, 1.82) is 0 Å². The number of nitrogens with one attached hydrogen (secondary N) is 1. The van der Waals surface area contributed by atoms with Crippen LogP contribution in [0.3, 0.4) is 0 Å². The second-order valence-electron chi connectivity index (χ2n) is 4.74. The van der Waals surface area contributed by atoms with Crippen molar-refractivity contribution in [2.75, 3.05) is 18.2 Å². The first kappa shape index (κ1) is 17.7. The standard InChI is InChI=1S/C16H15FN2O4S/c1-23-15-10-12(19(21)22)4-7-14(15)18-16(20)8-9-24-13-5-2-11(17)3-6-13/h2-7,10H,8-9H2,1H3,(H,18,20). The third kappa shape index (κ3) is 4.95. The summed E-state index contributed by atoms with van der Waals surface area (Å²) in [6.45, 7) is 0. The minimum atomic E-state index is -0.534. The molecule has 0 atom stereocenters. The van der Waals surface area contributed by atoms with E-state index in [-0.39, 0.29) is 29.6 Å². The van der Waals surface area contributed by atoms with Crippen molar-refractivity contribution in [3.8, 4) is 5.75 Å². The van der Waals surface area contributed by atoms with E-state index < -0.39 is 4.92 Å². The quantitative estimate of drug-likeness (QED) is 0.466. The number of nitro benzene ring substituents is 1. The lowest BCUT2D eigenvalue weighted by molar-refractivity contribution is -0.384. The highest BCUT2D eigenvalue weighted by Crippen LogP contribution is 2.29. The van der Waals surface area contributed by atoms with Crippen LogP contribution < -0.4 is 10.1 Å². The Hall–Kier alpha value is -2.61. The minimum Gasteiger partial charge on any atom is -0.494 e. The summed E-state index contributed by atoms with van der Waals surface area (Å²) in [5.41, 5.74) is 0.261. The third-order valence-corrected chi connectivity index (χ3v) is 4.10. The maximum Gasteiger partial charge on any atom is 0.273 e. The molecule has 8 heteroatoms. The zero-order valence-corrected chi connectivity index (χ0v) is 13.6. The topological polar surface area (TPSA) is 81.5 Å². The number of methoxy groups -OCH3 is 1.